The van der Waals surface area contributed by atoms with Gasteiger partial charge in [-0.25, -0.2) is 4.79 Å². The monoisotopic (exact) mass is 367 g/mol. The van der Waals surface area contributed by atoms with E-state index in [1.807, 2.05) is 39.1 Å². The number of rotatable bonds is 3. The maximum Gasteiger partial charge on any atom is 0.407 e. The Bertz CT molecular complexity index is 841. The van der Waals surface area contributed by atoms with Gasteiger partial charge in [0.2, 0.25) is 0 Å². The van der Waals surface area contributed by atoms with E-state index >= 15 is 0 Å². The van der Waals surface area contributed by atoms with Crippen molar-refractivity contribution in [2.75, 3.05) is 18.0 Å². The molecule has 2 atom stereocenters. The molecule has 1 aromatic heterocycles. The molecule has 1 unspecified atom stereocenters. The molecule has 2 heterocycles. The molecule has 0 bridgehead atoms. The second-order valence-electron chi connectivity index (χ2n) is 8.37. The number of carbonyl (C=O) groups is 1. The third-order valence-electron chi connectivity index (χ3n) is 4.72. The summed E-state index contributed by atoms with van der Waals surface area (Å²) in [5.74, 6) is 0.462. The lowest BCUT2D eigenvalue weighted by atomic mass is 9.94. The lowest BCUT2D eigenvalue weighted by molar-refractivity contribution is 0.0495. The van der Waals surface area contributed by atoms with E-state index < -0.39 is 5.60 Å². The number of amides is 1. The molecule has 3 rings (SSSR count). The molecule has 1 aromatic carbocycles. The van der Waals surface area contributed by atoms with E-state index in [9.17, 15) is 4.79 Å². The first-order valence-corrected chi connectivity index (χ1v) is 9.51. The van der Waals surface area contributed by atoms with Crippen molar-refractivity contribution >= 4 is 28.8 Å². The molecule has 1 aliphatic rings. The van der Waals surface area contributed by atoms with Gasteiger partial charge in [0.15, 0.2) is 0 Å². The fourth-order valence-electron chi connectivity index (χ4n) is 3.75. The Morgan fingerprint density at radius 1 is 1.33 bits per heavy atom. The second kappa shape index (κ2) is 7.59. The van der Waals surface area contributed by atoms with Crippen molar-refractivity contribution < 1.29 is 9.53 Å². The molecule has 0 aliphatic carbocycles. The van der Waals surface area contributed by atoms with Gasteiger partial charge in [0.05, 0.1) is 5.52 Å². The summed E-state index contributed by atoms with van der Waals surface area (Å²) in [6.07, 6.45) is 4.24. The van der Waals surface area contributed by atoms with Gasteiger partial charge in [0, 0.05) is 42.0 Å². The molecule has 1 aliphatic heterocycles. The zero-order chi connectivity index (χ0) is 19.6. The predicted octanol–water partition coefficient (Wildman–Crippen LogP) is 4.62. The van der Waals surface area contributed by atoms with E-state index in [1.165, 1.54) is 0 Å². The molecule has 1 amide bonds. The summed E-state index contributed by atoms with van der Waals surface area (Å²) in [5.41, 5.74) is 2.64. The lowest BCUT2D eigenvalue weighted by Gasteiger charge is -2.39. The number of hydrogen-bond donors (Lipinski definition) is 1. The number of nitrogens with zero attached hydrogens (tertiary/aromatic N) is 2. The average Bonchev–Trinajstić information content (AvgIpc) is 2.58. The third-order valence-corrected chi connectivity index (χ3v) is 4.72. The minimum atomic E-state index is -0.494. The van der Waals surface area contributed by atoms with Crippen LogP contribution in [-0.2, 0) is 4.74 Å². The highest BCUT2D eigenvalue weighted by molar-refractivity contribution is 5.96. The van der Waals surface area contributed by atoms with Crippen LogP contribution in [0.5, 0.6) is 0 Å². The van der Waals surface area contributed by atoms with Crippen LogP contribution in [0.4, 0.5) is 10.5 Å². The highest BCUT2D eigenvalue weighted by Gasteiger charge is 2.28. The first-order valence-electron chi connectivity index (χ1n) is 9.51. The highest BCUT2D eigenvalue weighted by Crippen LogP contribution is 2.31. The Morgan fingerprint density at radius 3 is 2.81 bits per heavy atom. The van der Waals surface area contributed by atoms with Crippen molar-refractivity contribution in [1.29, 1.82) is 0 Å². The zero-order valence-electron chi connectivity index (χ0n) is 16.7. The Morgan fingerprint density at radius 2 is 2.11 bits per heavy atom. The minimum Gasteiger partial charge on any atom is -0.444 e. The number of fused-ring (bicyclic) bond motifs is 1. The number of nitrogens with one attached hydrogen (secondary N) is 1. The summed E-state index contributed by atoms with van der Waals surface area (Å²) in [4.78, 5) is 19.1. The maximum atomic E-state index is 12.2. The predicted molar refractivity (Wildman–Crippen MR) is 111 cm³/mol. The van der Waals surface area contributed by atoms with Gasteiger partial charge >= 0.3 is 6.09 Å². The number of alkyl carbamates (subject to hydrolysis) is 1. The number of piperidine rings is 1. The summed E-state index contributed by atoms with van der Waals surface area (Å²) < 4.78 is 5.43. The largest absolute Gasteiger partial charge is 0.444 e. The number of hydrogen-bond acceptors (Lipinski definition) is 4. The molecule has 0 saturated carbocycles. The molecule has 2 aromatic rings. The van der Waals surface area contributed by atoms with Gasteiger partial charge in [-0.05, 0) is 51.3 Å². The van der Waals surface area contributed by atoms with Crippen LogP contribution in [0.3, 0.4) is 0 Å². The van der Waals surface area contributed by atoms with Crippen LogP contribution in [0.25, 0.3) is 17.0 Å². The Hall–Kier alpha value is -2.56. The topological polar surface area (TPSA) is 54.5 Å². The number of pyridine rings is 1. The normalized spacial score (nSPS) is 20.4. The molecule has 1 saturated heterocycles. The summed E-state index contributed by atoms with van der Waals surface area (Å²) in [6, 6.07) is 8.30. The summed E-state index contributed by atoms with van der Waals surface area (Å²) in [7, 11) is 0. The van der Waals surface area contributed by atoms with Crippen LogP contribution in [0.2, 0.25) is 0 Å². The van der Waals surface area contributed by atoms with E-state index in [0.29, 0.717) is 5.92 Å². The van der Waals surface area contributed by atoms with Crippen LogP contribution in [0.1, 0.15) is 39.7 Å². The molecular formula is C22H29N3O2. The first kappa shape index (κ1) is 19.2. The van der Waals surface area contributed by atoms with Gasteiger partial charge in [0.1, 0.15) is 5.60 Å². The van der Waals surface area contributed by atoms with Gasteiger partial charge in [-0.1, -0.05) is 25.6 Å². The molecule has 1 N–H and O–H groups in total. The smallest absolute Gasteiger partial charge is 0.407 e. The molecule has 0 spiro atoms. The Labute approximate surface area is 161 Å². The maximum absolute atomic E-state index is 12.2. The van der Waals surface area contributed by atoms with Gasteiger partial charge in [-0.2, -0.15) is 0 Å². The summed E-state index contributed by atoms with van der Waals surface area (Å²) in [6.45, 7) is 13.4. The molecule has 5 nitrogen and oxygen atoms in total. The molecule has 144 valence electrons. The van der Waals surface area contributed by atoms with Crippen LogP contribution in [0, 0.1) is 5.92 Å². The van der Waals surface area contributed by atoms with Crippen molar-refractivity contribution in [3.8, 4) is 0 Å². The van der Waals surface area contributed by atoms with Gasteiger partial charge in [-0.3, -0.25) is 4.98 Å². The fourth-order valence-corrected chi connectivity index (χ4v) is 3.75. The SMILES string of the molecule is C=Cc1ccc(N2CC(NC(=O)OC(C)(C)C)C[C@H](C)C2)c2cccnc12. The molecule has 27 heavy (non-hydrogen) atoms. The molecule has 5 heteroatoms. The molecular weight excluding hydrogens is 338 g/mol. The number of ether oxygens (including phenoxy) is 1. The van der Waals surface area contributed by atoms with Crippen molar-refractivity contribution in [2.24, 2.45) is 5.92 Å². The van der Waals surface area contributed by atoms with E-state index in [-0.39, 0.29) is 12.1 Å². The summed E-state index contributed by atoms with van der Waals surface area (Å²) in [5, 5.41) is 4.15. The quantitative estimate of drug-likeness (QED) is 0.860. The standard InChI is InChI=1S/C22H29N3O2/c1-6-16-9-10-19(18-8-7-11-23-20(16)18)25-13-15(2)12-17(14-25)24-21(26)27-22(3,4)5/h6-11,15,17H,1,12-14H2,2-5H3,(H,24,26)/t15-,17?/m0/s1. The van der Waals surface area contributed by atoms with Crippen molar-refractivity contribution in [3.05, 3.63) is 42.6 Å². The van der Waals surface area contributed by atoms with Gasteiger partial charge in [-0.15, -0.1) is 0 Å². The van der Waals surface area contributed by atoms with Crippen LogP contribution in [0.15, 0.2) is 37.0 Å². The van der Waals surface area contributed by atoms with E-state index in [2.05, 4.69) is 46.9 Å². The highest BCUT2D eigenvalue weighted by atomic mass is 16.6. The number of benzene rings is 1. The second-order valence-corrected chi connectivity index (χ2v) is 8.37. The first-order chi connectivity index (χ1) is 12.8. The molecule has 1 fully saturated rings. The lowest BCUT2D eigenvalue weighted by Crippen LogP contribution is -2.51. The minimum absolute atomic E-state index is 0.0504. The zero-order valence-corrected chi connectivity index (χ0v) is 16.7. The van der Waals surface area contributed by atoms with Crippen molar-refractivity contribution in [2.45, 2.75) is 45.8 Å². The van der Waals surface area contributed by atoms with Crippen LogP contribution in [-0.4, -0.2) is 35.8 Å². The van der Waals surface area contributed by atoms with Gasteiger partial charge < -0.3 is 15.0 Å². The van der Waals surface area contributed by atoms with Crippen molar-refractivity contribution in [1.82, 2.24) is 10.3 Å². The van der Waals surface area contributed by atoms with E-state index in [4.69, 9.17) is 4.74 Å². The van der Waals surface area contributed by atoms with Crippen molar-refractivity contribution in [3.63, 3.8) is 0 Å². The molecule has 0 radical (unpaired) electrons. The van der Waals surface area contributed by atoms with E-state index in [0.717, 1.165) is 41.7 Å². The third kappa shape index (κ3) is 4.59. The van der Waals surface area contributed by atoms with Gasteiger partial charge in [0.25, 0.3) is 0 Å². The Balaban J connectivity index is 1.84. The summed E-state index contributed by atoms with van der Waals surface area (Å²) >= 11 is 0. The average molecular weight is 367 g/mol. The van der Waals surface area contributed by atoms with Crippen LogP contribution < -0.4 is 10.2 Å². The van der Waals surface area contributed by atoms with Crippen LogP contribution >= 0.6 is 0 Å². The number of carbonyl (C=O) groups excluding carboxylic acids is 1. The number of aromatic nitrogens is 1. The van der Waals surface area contributed by atoms with E-state index in [1.54, 1.807) is 0 Å². The number of anilines is 1. The Kier molecular flexibility index (Phi) is 5.40. The fraction of sp³-hybridized carbons (Fsp3) is 0.455.